The maximum absolute atomic E-state index is 4.28. The molecule has 1 saturated carbocycles. The van der Waals surface area contributed by atoms with E-state index in [1.165, 1.54) is 12.8 Å². The first-order valence-electron chi connectivity index (χ1n) is 5.37. The molecule has 0 bridgehead atoms. The van der Waals surface area contributed by atoms with E-state index in [4.69, 9.17) is 0 Å². The van der Waals surface area contributed by atoms with E-state index < -0.39 is 0 Å². The molecule has 0 spiro atoms. The minimum atomic E-state index is 0.857. The number of fused-ring (bicyclic) bond motifs is 1. The van der Waals surface area contributed by atoms with E-state index in [1.54, 1.807) is 0 Å². The van der Waals surface area contributed by atoms with Crippen LogP contribution in [0.2, 0.25) is 0 Å². The number of aromatic nitrogens is 3. The summed E-state index contributed by atoms with van der Waals surface area (Å²) in [5.74, 6) is 1.79. The fourth-order valence-corrected chi connectivity index (χ4v) is 1.72. The van der Waals surface area contributed by atoms with Gasteiger partial charge in [0.2, 0.25) is 0 Å². The van der Waals surface area contributed by atoms with Crippen molar-refractivity contribution >= 4 is 16.7 Å². The molecule has 78 valence electrons. The SMILES string of the molecule is Cc1cc2[nH]nc(NCC3CC3)c2cn1. The summed E-state index contributed by atoms with van der Waals surface area (Å²) in [5, 5.41) is 11.7. The lowest BCUT2D eigenvalue weighted by atomic mass is 10.3. The molecule has 0 amide bonds. The molecule has 4 nitrogen and oxygen atoms in total. The van der Waals surface area contributed by atoms with Crippen LogP contribution in [0.3, 0.4) is 0 Å². The minimum absolute atomic E-state index is 0.857. The molecule has 2 heterocycles. The zero-order valence-corrected chi connectivity index (χ0v) is 8.75. The van der Waals surface area contributed by atoms with Crippen LogP contribution in [0.1, 0.15) is 18.5 Å². The first-order valence-corrected chi connectivity index (χ1v) is 5.37. The number of aryl methyl sites for hydroxylation is 1. The molecule has 0 saturated heterocycles. The van der Waals surface area contributed by atoms with Gasteiger partial charge in [0.25, 0.3) is 0 Å². The van der Waals surface area contributed by atoms with Crippen molar-refractivity contribution in [3.05, 3.63) is 18.0 Å². The highest BCUT2D eigenvalue weighted by Gasteiger charge is 2.21. The van der Waals surface area contributed by atoms with Crippen molar-refractivity contribution in [2.75, 3.05) is 11.9 Å². The van der Waals surface area contributed by atoms with E-state index >= 15 is 0 Å². The molecule has 2 N–H and O–H groups in total. The molecule has 0 unspecified atom stereocenters. The molecule has 4 heteroatoms. The Hall–Kier alpha value is -1.58. The van der Waals surface area contributed by atoms with Crippen molar-refractivity contribution in [2.24, 2.45) is 5.92 Å². The first-order chi connectivity index (χ1) is 7.33. The van der Waals surface area contributed by atoms with E-state index in [2.05, 4.69) is 20.5 Å². The number of nitrogens with zero attached hydrogens (tertiary/aromatic N) is 2. The van der Waals surface area contributed by atoms with Gasteiger partial charge in [-0.05, 0) is 31.7 Å². The van der Waals surface area contributed by atoms with Crippen molar-refractivity contribution in [1.29, 1.82) is 0 Å². The van der Waals surface area contributed by atoms with Gasteiger partial charge in [0, 0.05) is 18.4 Å². The average Bonchev–Trinajstić information content (AvgIpc) is 2.97. The Morgan fingerprint density at radius 3 is 3.20 bits per heavy atom. The van der Waals surface area contributed by atoms with Gasteiger partial charge in [-0.1, -0.05) is 0 Å². The predicted octanol–water partition coefficient (Wildman–Crippen LogP) is 2.09. The standard InChI is InChI=1S/C11H14N4/c1-7-4-10-9(6-12-7)11(15-14-10)13-5-8-2-3-8/h4,6,8H,2-3,5H2,1H3,(H2,13,14,15). The summed E-state index contributed by atoms with van der Waals surface area (Å²) in [4.78, 5) is 4.28. The number of nitrogens with one attached hydrogen (secondary N) is 2. The van der Waals surface area contributed by atoms with E-state index in [0.29, 0.717) is 0 Å². The predicted molar refractivity (Wildman–Crippen MR) is 59.8 cm³/mol. The number of rotatable bonds is 3. The number of anilines is 1. The third-order valence-electron chi connectivity index (χ3n) is 2.84. The van der Waals surface area contributed by atoms with Gasteiger partial charge in [-0.2, -0.15) is 5.10 Å². The Bertz CT molecular complexity index is 484. The molecule has 1 aliphatic rings. The molecule has 2 aromatic rings. The van der Waals surface area contributed by atoms with Crippen LogP contribution in [0.15, 0.2) is 12.3 Å². The maximum atomic E-state index is 4.28. The first kappa shape index (κ1) is 8.71. The smallest absolute Gasteiger partial charge is 0.157 e. The highest BCUT2D eigenvalue weighted by molar-refractivity contribution is 5.89. The van der Waals surface area contributed by atoms with Crippen LogP contribution in [-0.2, 0) is 0 Å². The van der Waals surface area contributed by atoms with Gasteiger partial charge < -0.3 is 5.32 Å². The van der Waals surface area contributed by atoms with Gasteiger partial charge in [0.15, 0.2) is 5.82 Å². The monoisotopic (exact) mass is 202 g/mol. The zero-order valence-electron chi connectivity index (χ0n) is 8.75. The molecule has 3 rings (SSSR count). The van der Waals surface area contributed by atoms with Crippen molar-refractivity contribution in [2.45, 2.75) is 19.8 Å². The fourth-order valence-electron chi connectivity index (χ4n) is 1.72. The van der Waals surface area contributed by atoms with Gasteiger partial charge in [0.05, 0.1) is 10.9 Å². The molecular weight excluding hydrogens is 188 g/mol. The zero-order chi connectivity index (χ0) is 10.3. The van der Waals surface area contributed by atoms with Crippen LogP contribution in [0.4, 0.5) is 5.82 Å². The van der Waals surface area contributed by atoms with E-state index in [9.17, 15) is 0 Å². The number of aromatic amines is 1. The molecule has 1 fully saturated rings. The molecule has 2 aromatic heterocycles. The lowest BCUT2D eigenvalue weighted by Gasteiger charge is -2.00. The molecule has 0 radical (unpaired) electrons. The van der Waals surface area contributed by atoms with Gasteiger partial charge in [0.1, 0.15) is 0 Å². The van der Waals surface area contributed by atoms with Gasteiger partial charge in [-0.3, -0.25) is 10.1 Å². The normalized spacial score (nSPS) is 15.8. The highest BCUT2D eigenvalue weighted by Crippen LogP contribution is 2.29. The Morgan fingerprint density at radius 2 is 2.40 bits per heavy atom. The summed E-state index contributed by atoms with van der Waals surface area (Å²) in [7, 11) is 0. The summed E-state index contributed by atoms with van der Waals surface area (Å²) < 4.78 is 0. The Labute approximate surface area is 88.1 Å². The highest BCUT2D eigenvalue weighted by atomic mass is 15.2. The molecule has 0 aromatic carbocycles. The van der Waals surface area contributed by atoms with Crippen LogP contribution in [0.25, 0.3) is 10.9 Å². The van der Waals surface area contributed by atoms with E-state index in [0.717, 1.165) is 34.9 Å². The maximum Gasteiger partial charge on any atom is 0.157 e. The summed E-state index contributed by atoms with van der Waals surface area (Å²) in [6.07, 6.45) is 4.59. The topological polar surface area (TPSA) is 53.6 Å². The molecule has 15 heavy (non-hydrogen) atoms. The number of hydrogen-bond donors (Lipinski definition) is 2. The van der Waals surface area contributed by atoms with Crippen LogP contribution in [0, 0.1) is 12.8 Å². The number of H-pyrrole nitrogens is 1. The van der Waals surface area contributed by atoms with Crippen molar-refractivity contribution in [3.8, 4) is 0 Å². The molecule has 1 aliphatic carbocycles. The quantitative estimate of drug-likeness (QED) is 0.801. The number of hydrogen-bond acceptors (Lipinski definition) is 3. The summed E-state index contributed by atoms with van der Waals surface area (Å²) >= 11 is 0. The second kappa shape index (κ2) is 3.22. The van der Waals surface area contributed by atoms with Crippen LogP contribution < -0.4 is 5.32 Å². The second-order valence-corrected chi connectivity index (χ2v) is 4.27. The van der Waals surface area contributed by atoms with Crippen molar-refractivity contribution < 1.29 is 0 Å². The lowest BCUT2D eigenvalue weighted by Crippen LogP contribution is -2.03. The minimum Gasteiger partial charge on any atom is -0.368 e. The molecule has 0 aliphatic heterocycles. The van der Waals surface area contributed by atoms with Crippen molar-refractivity contribution in [1.82, 2.24) is 15.2 Å². The van der Waals surface area contributed by atoms with Crippen molar-refractivity contribution in [3.63, 3.8) is 0 Å². The third-order valence-corrected chi connectivity index (χ3v) is 2.84. The van der Waals surface area contributed by atoms with E-state index in [1.807, 2.05) is 19.2 Å². The second-order valence-electron chi connectivity index (χ2n) is 4.27. The van der Waals surface area contributed by atoms with Gasteiger partial charge >= 0.3 is 0 Å². The van der Waals surface area contributed by atoms with Gasteiger partial charge in [-0.25, -0.2) is 0 Å². The third kappa shape index (κ3) is 1.67. The van der Waals surface area contributed by atoms with Gasteiger partial charge in [-0.15, -0.1) is 0 Å². The molecule has 0 atom stereocenters. The Balaban J connectivity index is 1.89. The summed E-state index contributed by atoms with van der Waals surface area (Å²) in [6.45, 7) is 3.02. The fraction of sp³-hybridized carbons (Fsp3) is 0.455. The largest absolute Gasteiger partial charge is 0.368 e. The molecular formula is C11H14N4. The summed E-state index contributed by atoms with van der Waals surface area (Å²) in [6, 6.07) is 2.02. The van der Waals surface area contributed by atoms with Crippen LogP contribution >= 0.6 is 0 Å². The average molecular weight is 202 g/mol. The van der Waals surface area contributed by atoms with Crippen LogP contribution in [-0.4, -0.2) is 21.7 Å². The Morgan fingerprint density at radius 1 is 1.53 bits per heavy atom. The number of pyridine rings is 1. The van der Waals surface area contributed by atoms with E-state index in [-0.39, 0.29) is 0 Å². The van der Waals surface area contributed by atoms with Crippen LogP contribution in [0.5, 0.6) is 0 Å². The summed E-state index contributed by atoms with van der Waals surface area (Å²) in [5.41, 5.74) is 2.07. The Kier molecular flexibility index (Phi) is 1.87. The lowest BCUT2D eigenvalue weighted by molar-refractivity contribution is 0.881.